The quantitative estimate of drug-likeness (QED) is 0.438. The van der Waals surface area contributed by atoms with Crippen molar-refractivity contribution in [1.82, 2.24) is 25.1 Å². The van der Waals surface area contributed by atoms with Crippen molar-refractivity contribution in [3.63, 3.8) is 0 Å². The predicted molar refractivity (Wildman–Crippen MR) is 128 cm³/mol. The number of nitrogens with one attached hydrogen (secondary N) is 2. The summed E-state index contributed by atoms with van der Waals surface area (Å²) in [6, 6.07) is 13.6. The Bertz CT molecular complexity index is 950. The lowest BCUT2D eigenvalue weighted by Crippen LogP contribution is -2.44. The van der Waals surface area contributed by atoms with E-state index in [1.165, 1.54) is 35.4 Å². The van der Waals surface area contributed by atoms with Crippen molar-refractivity contribution in [2.45, 2.75) is 32.0 Å². The second-order valence-electron chi connectivity index (χ2n) is 8.20. The summed E-state index contributed by atoms with van der Waals surface area (Å²) in [6.07, 6.45) is 8.15. The minimum atomic E-state index is 0.485. The second-order valence-corrected chi connectivity index (χ2v) is 9.18. The van der Waals surface area contributed by atoms with Gasteiger partial charge in [0.2, 0.25) is 0 Å². The number of rotatable bonds is 7. The van der Waals surface area contributed by atoms with Crippen molar-refractivity contribution in [1.29, 1.82) is 0 Å². The van der Waals surface area contributed by atoms with Crippen LogP contribution in [0.5, 0.6) is 0 Å². The largest absolute Gasteiger partial charge is 0.356 e. The van der Waals surface area contributed by atoms with E-state index in [9.17, 15) is 0 Å². The first-order chi connectivity index (χ1) is 15.2. The Hall–Kier alpha value is -2.64. The van der Waals surface area contributed by atoms with Crippen molar-refractivity contribution >= 4 is 17.3 Å². The van der Waals surface area contributed by atoms with Gasteiger partial charge in [-0.1, -0.05) is 30.3 Å². The van der Waals surface area contributed by atoms with Gasteiger partial charge in [-0.2, -0.15) is 0 Å². The number of nitrogens with zero attached hydrogens (tertiary/aromatic N) is 4. The summed E-state index contributed by atoms with van der Waals surface area (Å²) >= 11 is 1.87. The van der Waals surface area contributed by atoms with Crippen molar-refractivity contribution in [3.05, 3.63) is 76.5 Å². The van der Waals surface area contributed by atoms with E-state index in [0.717, 1.165) is 25.6 Å². The topological polar surface area (TPSA) is 57.5 Å². The minimum Gasteiger partial charge on any atom is -0.356 e. The number of piperidine rings is 1. The highest BCUT2D eigenvalue weighted by molar-refractivity contribution is 7.10. The minimum absolute atomic E-state index is 0.485. The van der Waals surface area contributed by atoms with E-state index in [0.29, 0.717) is 12.0 Å². The standard InChI is InChI=1S/C24H32N6S/c1-25-24(27-15-19-6-3-7-20(14-19)17-30-12-10-26-18-30)28-16-21-8-4-11-29(2)23(21)22-9-5-13-31-22/h3,5-7,9-10,12-14,18,21,23H,4,8,11,15-17H2,1-2H3,(H2,25,27,28). The van der Waals surface area contributed by atoms with Crippen molar-refractivity contribution in [2.24, 2.45) is 10.9 Å². The number of guanidine groups is 1. The lowest BCUT2D eigenvalue weighted by Gasteiger charge is -2.39. The Kier molecular flexibility index (Phi) is 7.38. The third-order valence-electron chi connectivity index (χ3n) is 5.97. The lowest BCUT2D eigenvalue weighted by molar-refractivity contribution is 0.125. The van der Waals surface area contributed by atoms with Gasteiger partial charge in [0.25, 0.3) is 0 Å². The highest BCUT2D eigenvalue weighted by Gasteiger charge is 2.31. The number of hydrogen-bond donors (Lipinski definition) is 2. The van der Waals surface area contributed by atoms with Crippen molar-refractivity contribution in [2.75, 3.05) is 27.2 Å². The summed E-state index contributed by atoms with van der Waals surface area (Å²) < 4.78 is 2.08. The first kappa shape index (κ1) is 21.6. The molecule has 1 aliphatic rings. The van der Waals surface area contributed by atoms with Crippen LogP contribution >= 0.6 is 11.3 Å². The number of hydrogen-bond acceptors (Lipinski definition) is 4. The zero-order chi connectivity index (χ0) is 21.5. The van der Waals surface area contributed by atoms with Gasteiger partial charge in [-0.3, -0.25) is 9.89 Å². The van der Waals surface area contributed by atoms with E-state index in [1.54, 1.807) is 0 Å². The Balaban J connectivity index is 1.32. The Morgan fingerprint density at radius 3 is 2.90 bits per heavy atom. The van der Waals surface area contributed by atoms with Gasteiger partial charge in [0.15, 0.2) is 5.96 Å². The fourth-order valence-electron chi connectivity index (χ4n) is 4.45. The average molecular weight is 437 g/mol. The van der Waals surface area contributed by atoms with Crippen LogP contribution in [0.15, 0.2) is 65.5 Å². The van der Waals surface area contributed by atoms with Crippen LogP contribution in [0, 0.1) is 5.92 Å². The van der Waals surface area contributed by atoms with Crippen LogP contribution in [-0.2, 0) is 13.1 Å². The molecule has 164 valence electrons. The van der Waals surface area contributed by atoms with Gasteiger partial charge in [0.05, 0.1) is 6.33 Å². The second kappa shape index (κ2) is 10.6. The van der Waals surface area contributed by atoms with Gasteiger partial charge in [-0.25, -0.2) is 4.98 Å². The van der Waals surface area contributed by atoms with E-state index in [2.05, 4.69) is 78.9 Å². The molecule has 2 unspecified atom stereocenters. The molecule has 2 atom stereocenters. The first-order valence-electron chi connectivity index (χ1n) is 10.9. The molecule has 1 aliphatic heterocycles. The monoisotopic (exact) mass is 436 g/mol. The summed E-state index contributed by atoms with van der Waals surface area (Å²) in [7, 11) is 4.09. The molecule has 0 bridgehead atoms. The normalized spacial score (nSPS) is 20.0. The van der Waals surface area contributed by atoms with Crippen LogP contribution < -0.4 is 10.6 Å². The summed E-state index contributed by atoms with van der Waals surface area (Å²) in [6.45, 7) is 3.67. The van der Waals surface area contributed by atoms with Crippen LogP contribution in [0.3, 0.4) is 0 Å². The molecular weight excluding hydrogens is 404 g/mol. The SMILES string of the molecule is CN=C(NCc1cccc(Cn2ccnc2)c1)NCC1CCCN(C)C1c1cccs1. The predicted octanol–water partition coefficient (Wildman–Crippen LogP) is 3.74. The molecule has 1 fully saturated rings. The van der Waals surface area contributed by atoms with Crippen LogP contribution in [0.4, 0.5) is 0 Å². The van der Waals surface area contributed by atoms with Gasteiger partial charge in [-0.15, -0.1) is 11.3 Å². The first-order valence-corrected chi connectivity index (χ1v) is 11.8. The molecule has 0 radical (unpaired) electrons. The summed E-state index contributed by atoms with van der Waals surface area (Å²) in [5.41, 5.74) is 2.51. The maximum Gasteiger partial charge on any atom is 0.191 e. The van der Waals surface area contributed by atoms with Crippen molar-refractivity contribution in [3.8, 4) is 0 Å². The van der Waals surface area contributed by atoms with Crippen LogP contribution in [0.25, 0.3) is 0 Å². The van der Waals surface area contributed by atoms with E-state index < -0.39 is 0 Å². The molecule has 7 heteroatoms. The maximum atomic E-state index is 4.45. The van der Waals surface area contributed by atoms with E-state index in [-0.39, 0.29) is 0 Å². The molecule has 2 aromatic heterocycles. The van der Waals surface area contributed by atoms with Crippen LogP contribution in [0.1, 0.15) is 34.9 Å². The molecule has 2 N–H and O–H groups in total. The molecule has 1 saturated heterocycles. The molecule has 0 aliphatic carbocycles. The molecular formula is C24H32N6S. The summed E-state index contributed by atoms with van der Waals surface area (Å²) in [5, 5.41) is 9.24. The number of likely N-dealkylation sites (tertiary alicyclic amines) is 1. The van der Waals surface area contributed by atoms with E-state index in [1.807, 2.05) is 37.1 Å². The summed E-state index contributed by atoms with van der Waals surface area (Å²) in [4.78, 5) is 12.5. The summed E-state index contributed by atoms with van der Waals surface area (Å²) in [5.74, 6) is 1.44. The molecule has 4 rings (SSSR count). The van der Waals surface area contributed by atoms with E-state index >= 15 is 0 Å². The van der Waals surface area contributed by atoms with Gasteiger partial charge < -0.3 is 15.2 Å². The molecule has 0 amide bonds. The maximum absolute atomic E-state index is 4.45. The molecule has 1 aromatic carbocycles. The molecule has 0 saturated carbocycles. The number of imidazole rings is 1. The van der Waals surface area contributed by atoms with Crippen LogP contribution in [0.2, 0.25) is 0 Å². The van der Waals surface area contributed by atoms with Crippen LogP contribution in [-0.4, -0.2) is 47.6 Å². The lowest BCUT2D eigenvalue weighted by atomic mass is 9.88. The van der Waals surface area contributed by atoms with E-state index in [4.69, 9.17) is 0 Å². The fourth-order valence-corrected chi connectivity index (χ4v) is 5.43. The Morgan fingerprint density at radius 2 is 2.13 bits per heavy atom. The van der Waals surface area contributed by atoms with Gasteiger partial charge in [0, 0.05) is 50.0 Å². The molecule has 6 nitrogen and oxygen atoms in total. The number of aromatic nitrogens is 2. The van der Waals surface area contributed by atoms with Gasteiger partial charge in [0.1, 0.15) is 0 Å². The zero-order valence-corrected chi connectivity index (χ0v) is 19.2. The molecule has 31 heavy (non-hydrogen) atoms. The number of benzene rings is 1. The Morgan fingerprint density at radius 1 is 1.23 bits per heavy atom. The van der Waals surface area contributed by atoms with Gasteiger partial charge >= 0.3 is 0 Å². The third kappa shape index (κ3) is 5.74. The van der Waals surface area contributed by atoms with Crippen molar-refractivity contribution < 1.29 is 0 Å². The molecule has 3 aromatic rings. The fraction of sp³-hybridized carbons (Fsp3) is 0.417. The number of aliphatic imine (C=N–C) groups is 1. The highest BCUT2D eigenvalue weighted by Crippen LogP contribution is 2.36. The van der Waals surface area contributed by atoms with Gasteiger partial charge in [-0.05, 0) is 54.9 Å². The molecule has 3 heterocycles. The molecule has 0 spiro atoms. The third-order valence-corrected chi connectivity index (χ3v) is 6.92. The number of thiophene rings is 1. The smallest absolute Gasteiger partial charge is 0.191 e. The highest BCUT2D eigenvalue weighted by atomic mass is 32.1. The zero-order valence-electron chi connectivity index (χ0n) is 18.4. The average Bonchev–Trinajstić information content (AvgIpc) is 3.49. The Labute approximate surface area is 189 Å².